The van der Waals surface area contributed by atoms with Crippen LogP contribution in [0.3, 0.4) is 0 Å². The molecule has 1 aromatic carbocycles. The third-order valence-electron chi connectivity index (χ3n) is 2.76. The van der Waals surface area contributed by atoms with Gasteiger partial charge in [0.1, 0.15) is 5.75 Å². The first-order chi connectivity index (χ1) is 9.54. The lowest BCUT2D eigenvalue weighted by atomic mass is 10.2. The van der Waals surface area contributed by atoms with Crippen LogP contribution in [-0.2, 0) is 0 Å². The predicted molar refractivity (Wildman–Crippen MR) is 71.1 cm³/mol. The van der Waals surface area contributed by atoms with Gasteiger partial charge in [-0.05, 0) is 12.1 Å². The summed E-state index contributed by atoms with van der Waals surface area (Å²) in [5, 5.41) is 24.3. The van der Waals surface area contributed by atoms with Crippen molar-refractivity contribution in [3.05, 3.63) is 55.4 Å². The van der Waals surface area contributed by atoms with Crippen LogP contribution in [0.5, 0.6) is 5.75 Å². The minimum absolute atomic E-state index is 0.0207. The zero-order chi connectivity index (χ0) is 14.3. The van der Waals surface area contributed by atoms with Gasteiger partial charge in [-0.25, -0.2) is 0 Å². The summed E-state index contributed by atoms with van der Waals surface area (Å²) >= 11 is 0.999. The molecular weight excluding hydrogens is 286 g/mol. The van der Waals surface area contributed by atoms with E-state index in [1.807, 2.05) is 0 Å². The maximum absolute atomic E-state index is 10.7. The van der Waals surface area contributed by atoms with Crippen molar-refractivity contribution in [1.29, 1.82) is 0 Å². The number of non-ortho nitro benzene ring substituents is 1. The Labute approximate surface area is 115 Å². The summed E-state index contributed by atoms with van der Waals surface area (Å²) in [6.45, 7) is 0. The number of thiophene rings is 1. The summed E-state index contributed by atoms with van der Waals surface area (Å²) in [5.41, 5.74) is 0.456. The highest BCUT2D eigenvalue weighted by Gasteiger charge is 2.27. The number of fused-ring (bicyclic) bond motifs is 1. The zero-order valence-electron chi connectivity index (χ0n) is 9.81. The maximum Gasteiger partial charge on any atom is 0.324 e. The second-order valence-electron chi connectivity index (χ2n) is 4.01. The third-order valence-corrected chi connectivity index (χ3v) is 3.84. The number of rotatable bonds is 3. The van der Waals surface area contributed by atoms with Gasteiger partial charge in [0.25, 0.3) is 5.69 Å². The van der Waals surface area contributed by atoms with E-state index in [1.165, 1.54) is 24.3 Å². The number of anilines is 1. The van der Waals surface area contributed by atoms with Crippen LogP contribution < -0.4 is 10.1 Å². The van der Waals surface area contributed by atoms with Crippen molar-refractivity contribution in [2.75, 3.05) is 5.32 Å². The zero-order valence-corrected chi connectivity index (χ0v) is 10.6. The Kier molecular flexibility index (Phi) is 2.75. The van der Waals surface area contributed by atoms with Gasteiger partial charge in [-0.2, -0.15) is 0 Å². The molecule has 1 N–H and O–H groups in total. The van der Waals surface area contributed by atoms with Crippen molar-refractivity contribution in [1.82, 2.24) is 0 Å². The molecule has 20 heavy (non-hydrogen) atoms. The molecule has 0 spiro atoms. The molecule has 1 aliphatic heterocycles. The molecule has 0 saturated carbocycles. The van der Waals surface area contributed by atoms with Crippen LogP contribution in [0, 0.1) is 20.2 Å². The van der Waals surface area contributed by atoms with E-state index in [0.717, 1.165) is 11.3 Å². The van der Waals surface area contributed by atoms with Gasteiger partial charge in [-0.15, -0.1) is 0 Å². The lowest BCUT2D eigenvalue weighted by molar-refractivity contribution is -0.384. The minimum atomic E-state index is -0.564. The smallest absolute Gasteiger partial charge is 0.324 e. The topological polar surface area (TPSA) is 108 Å². The SMILES string of the molecule is O=[N+]([O-])c1ccc2c(c1)NC(c1ccc([N+](=O)[O-])s1)O2. The van der Waals surface area contributed by atoms with E-state index in [9.17, 15) is 20.2 Å². The van der Waals surface area contributed by atoms with Crippen molar-refractivity contribution in [3.8, 4) is 5.75 Å². The molecular formula is C11H7N3O5S. The molecule has 1 atom stereocenters. The molecule has 2 aromatic rings. The van der Waals surface area contributed by atoms with Gasteiger partial charge in [0.2, 0.25) is 6.23 Å². The average Bonchev–Trinajstić information content (AvgIpc) is 3.04. The molecule has 0 aliphatic carbocycles. The van der Waals surface area contributed by atoms with Crippen LogP contribution in [0.2, 0.25) is 0 Å². The Hall–Kier alpha value is -2.68. The van der Waals surface area contributed by atoms with Crippen molar-refractivity contribution in [3.63, 3.8) is 0 Å². The molecule has 0 saturated heterocycles. The number of hydrogen-bond donors (Lipinski definition) is 1. The van der Waals surface area contributed by atoms with E-state index in [0.29, 0.717) is 16.3 Å². The van der Waals surface area contributed by atoms with E-state index in [4.69, 9.17) is 4.74 Å². The highest BCUT2D eigenvalue weighted by molar-refractivity contribution is 7.15. The second kappa shape index (κ2) is 4.46. The summed E-state index contributed by atoms with van der Waals surface area (Å²) in [6.07, 6.45) is -0.564. The van der Waals surface area contributed by atoms with Gasteiger partial charge in [-0.3, -0.25) is 20.2 Å². The Balaban J connectivity index is 1.85. The van der Waals surface area contributed by atoms with Crippen molar-refractivity contribution in [2.24, 2.45) is 0 Å². The van der Waals surface area contributed by atoms with Crippen LogP contribution in [0.15, 0.2) is 30.3 Å². The Morgan fingerprint density at radius 2 is 1.95 bits per heavy atom. The van der Waals surface area contributed by atoms with Crippen molar-refractivity contribution >= 4 is 27.7 Å². The molecule has 1 aliphatic rings. The summed E-state index contributed by atoms with van der Waals surface area (Å²) < 4.78 is 5.57. The molecule has 0 amide bonds. The first kappa shape index (κ1) is 12.4. The van der Waals surface area contributed by atoms with Gasteiger partial charge in [-0.1, -0.05) is 11.3 Å². The van der Waals surface area contributed by atoms with Crippen LogP contribution in [0.25, 0.3) is 0 Å². The fourth-order valence-corrected chi connectivity index (χ4v) is 2.66. The van der Waals surface area contributed by atoms with Crippen LogP contribution >= 0.6 is 11.3 Å². The maximum atomic E-state index is 10.7. The number of nitrogens with one attached hydrogen (secondary N) is 1. The Bertz CT molecular complexity index is 714. The molecule has 3 rings (SSSR count). The number of hydrogen-bond acceptors (Lipinski definition) is 7. The number of nitro groups is 2. The van der Waals surface area contributed by atoms with Crippen molar-refractivity contribution < 1.29 is 14.6 Å². The van der Waals surface area contributed by atoms with E-state index in [-0.39, 0.29) is 10.7 Å². The highest BCUT2D eigenvalue weighted by Crippen LogP contribution is 2.42. The quantitative estimate of drug-likeness (QED) is 0.688. The van der Waals surface area contributed by atoms with Crippen molar-refractivity contribution in [2.45, 2.75) is 6.23 Å². The molecule has 8 nitrogen and oxygen atoms in total. The minimum Gasteiger partial charge on any atom is -0.463 e. The number of ether oxygens (including phenoxy) is 1. The summed E-state index contributed by atoms with van der Waals surface area (Å²) in [4.78, 5) is 21.0. The standard InChI is InChI=1S/C11H7N3O5S/c15-13(16)6-1-2-8-7(5-6)12-11(19-8)9-3-4-10(20-9)14(17)18/h1-5,11-12H. The van der Waals surface area contributed by atoms with Gasteiger partial charge < -0.3 is 10.1 Å². The normalized spacial score (nSPS) is 16.1. The van der Waals surface area contributed by atoms with Gasteiger partial charge >= 0.3 is 5.00 Å². The van der Waals surface area contributed by atoms with Crippen LogP contribution in [0.4, 0.5) is 16.4 Å². The largest absolute Gasteiger partial charge is 0.463 e. The molecule has 1 aromatic heterocycles. The van der Waals surface area contributed by atoms with Crippen LogP contribution in [0.1, 0.15) is 11.1 Å². The first-order valence-corrected chi connectivity index (χ1v) is 6.32. The second-order valence-corrected chi connectivity index (χ2v) is 5.11. The van der Waals surface area contributed by atoms with E-state index in [1.54, 1.807) is 6.07 Å². The van der Waals surface area contributed by atoms with Gasteiger partial charge in [0.15, 0.2) is 0 Å². The summed E-state index contributed by atoms with van der Waals surface area (Å²) in [7, 11) is 0. The Morgan fingerprint density at radius 3 is 2.60 bits per heavy atom. The van der Waals surface area contributed by atoms with Crippen LogP contribution in [-0.4, -0.2) is 9.85 Å². The molecule has 0 radical (unpaired) electrons. The fraction of sp³-hybridized carbons (Fsp3) is 0.0909. The lowest BCUT2D eigenvalue weighted by Crippen LogP contribution is -2.07. The van der Waals surface area contributed by atoms with Gasteiger partial charge in [0, 0.05) is 18.2 Å². The average molecular weight is 293 g/mol. The highest BCUT2D eigenvalue weighted by atomic mass is 32.1. The van der Waals surface area contributed by atoms with E-state index in [2.05, 4.69) is 5.32 Å². The summed E-state index contributed by atoms with van der Waals surface area (Å²) in [5.74, 6) is 0.483. The Morgan fingerprint density at radius 1 is 1.15 bits per heavy atom. The van der Waals surface area contributed by atoms with E-state index >= 15 is 0 Å². The number of nitro benzene ring substituents is 1. The monoisotopic (exact) mass is 293 g/mol. The molecule has 9 heteroatoms. The molecule has 0 fully saturated rings. The molecule has 1 unspecified atom stereocenters. The predicted octanol–water partition coefficient (Wildman–Crippen LogP) is 3.07. The molecule has 102 valence electrons. The lowest BCUT2D eigenvalue weighted by Gasteiger charge is -2.07. The number of benzene rings is 1. The molecule has 0 bridgehead atoms. The van der Waals surface area contributed by atoms with Gasteiger partial charge in [0.05, 0.1) is 20.4 Å². The molecule has 2 heterocycles. The first-order valence-electron chi connectivity index (χ1n) is 5.50. The van der Waals surface area contributed by atoms with E-state index < -0.39 is 16.1 Å². The fourth-order valence-electron chi connectivity index (χ4n) is 1.86. The summed E-state index contributed by atoms with van der Waals surface area (Å²) in [6, 6.07) is 7.22. The number of nitrogens with zero attached hydrogens (tertiary/aromatic N) is 2. The third kappa shape index (κ3) is 2.03.